The zero-order valence-corrected chi connectivity index (χ0v) is 9.15. The van der Waals surface area contributed by atoms with Crippen LogP contribution < -0.4 is 4.90 Å². The van der Waals surface area contributed by atoms with Crippen LogP contribution in [0.4, 0.5) is 5.69 Å². The molecule has 0 radical (unpaired) electrons. The summed E-state index contributed by atoms with van der Waals surface area (Å²) in [4.78, 5) is 12.7. The van der Waals surface area contributed by atoms with Crippen molar-refractivity contribution in [2.24, 2.45) is 5.92 Å². The van der Waals surface area contributed by atoms with E-state index in [9.17, 15) is 4.79 Å². The van der Waals surface area contributed by atoms with E-state index in [1.54, 1.807) is 0 Å². The van der Waals surface area contributed by atoms with Crippen molar-refractivity contribution >= 4 is 12.0 Å². The smallest absolute Gasteiger partial charge is 0.121 e. The quantitative estimate of drug-likeness (QED) is 0.702. The molecule has 0 aliphatic carbocycles. The van der Waals surface area contributed by atoms with Crippen LogP contribution in [-0.2, 0) is 11.2 Å². The standard InChI is InChI=1S/C13H17NO/c1-11-9-12-5-2-3-6-13(12)14(10-11)7-4-8-15/h2-3,5-6,8,11H,4,7,9-10H2,1H3. The van der Waals surface area contributed by atoms with Gasteiger partial charge in [-0.1, -0.05) is 25.1 Å². The summed E-state index contributed by atoms with van der Waals surface area (Å²) in [5.74, 6) is 0.687. The van der Waals surface area contributed by atoms with Gasteiger partial charge in [0.15, 0.2) is 0 Å². The lowest BCUT2D eigenvalue weighted by Crippen LogP contribution is -2.35. The van der Waals surface area contributed by atoms with Gasteiger partial charge >= 0.3 is 0 Å². The van der Waals surface area contributed by atoms with E-state index >= 15 is 0 Å². The fraction of sp³-hybridized carbons (Fsp3) is 0.462. The predicted octanol–water partition coefficient (Wildman–Crippen LogP) is 2.27. The van der Waals surface area contributed by atoms with Crippen LogP contribution in [0.2, 0.25) is 0 Å². The molecule has 0 bridgehead atoms. The normalized spacial score (nSPS) is 19.8. The molecule has 1 aromatic rings. The molecule has 0 saturated heterocycles. The molecule has 0 N–H and O–H groups in total. The van der Waals surface area contributed by atoms with E-state index in [0.717, 1.165) is 25.8 Å². The van der Waals surface area contributed by atoms with E-state index in [1.165, 1.54) is 11.3 Å². The molecule has 2 nitrogen and oxygen atoms in total. The molecule has 2 heteroatoms. The monoisotopic (exact) mass is 203 g/mol. The minimum Gasteiger partial charge on any atom is -0.371 e. The molecule has 1 heterocycles. The van der Waals surface area contributed by atoms with Gasteiger partial charge in [-0.15, -0.1) is 0 Å². The van der Waals surface area contributed by atoms with Crippen molar-refractivity contribution in [2.45, 2.75) is 19.8 Å². The second-order valence-electron chi connectivity index (χ2n) is 4.34. The van der Waals surface area contributed by atoms with Crippen LogP contribution >= 0.6 is 0 Å². The summed E-state index contributed by atoms with van der Waals surface area (Å²) in [5.41, 5.74) is 2.74. The first-order valence-electron chi connectivity index (χ1n) is 5.57. The molecule has 0 aromatic heterocycles. The summed E-state index contributed by atoms with van der Waals surface area (Å²) < 4.78 is 0. The molecule has 1 aliphatic heterocycles. The molecule has 1 atom stereocenters. The molecule has 0 amide bonds. The lowest BCUT2D eigenvalue weighted by Gasteiger charge is -2.34. The molecule has 1 aromatic carbocycles. The van der Waals surface area contributed by atoms with Crippen molar-refractivity contribution < 1.29 is 4.79 Å². The summed E-state index contributed by atoms with van der Waals surface area (Å²) in [5, 5.41) is 0. The summed E-state index contributed by atoms with van der Waals surface area (Å²) in [6.45, 7) is 4.19. The summed E-state index contributed by atoms with van der Waals surface area (Å²) in [7, 11) is 0. The minimum atomic E-state index is 0.626. The maximum atomic E-state index is 10.4. The van der Waals surface area contributed by atoms with Gasteiger partial charge in [0.05, 0.1) is 0 Å². The van der Waals surface area contributed by atoms with E-state index in [4.69, 9.17) is 0 Å². The van der Waals surface area contributed by atoms with Crippen molar-refractivity contribution in [3.63, 3.8) is 0 Å². The maximum Gasteiger partial charge on any atom is 0.121 e. The highest BCUT2D eigenvalue weighted by atomic mass is 16.1. The Balaban J connectivity index is 2.21. The van der Waals surface area contributed by atoms with Crippen LogP contribution in [0.25, 0.3) is 0 Å². The molecule has 80 valence electrons. The maximum absolute atomic E-state index is 10.4. The molecule has 15 heavy (non-hydrogen) atoms. The number of carbonyl (C=O) groups excluding carboxylic acids is 1. The number of hydrogen-bond donors (Lipinski definition) is 0. The molecule has 0 saturated carbocycles. The number of anilines is 1. The molecular weight excluding hydrogens is 186 g/mol. The number of benzene rings is 1. The van der Waals surface area contributed by atoms with Gasteiger partial charge in [-0.05, 0) is 24.0 Å². The highest BCUT2D eigenvalue weighted by Gasteiger charge is 2.20. The highest BCUT2D eigenvalue weighted by Crippen LogP contribution is 2.29. The summed E-state index contributed by atoms with van der Waals surface area (Å²) in [6, 6.07) is 8.52. The topological polar surface area (TPSA) is 20.3 Å². The van der Waals surface area contributed by atoms with Gasteiger partial charge in [-0.3, -0.25) is 0 Å². The number of para-hydroxylation sites is 1. The Morgan fingerprint density at radius 1 is 1.47 bits per heavy atom. The SMILES string of the molecule is CC1Cc2ccccc2N(CCC=O)C1. The van der Waals surface area contributed by atoms with Gasteiger partial charge in [0.25, 0.3) is 0 Å². The molecule has 2 rings (SSSR count). The van der Waals surface area contributed by atoms with E-state index < -0.39 is 0 Å². The molecular formula is C13H17NO. The largest absolute Gasteiger partial charge is 0.371 e. The second-order valence-corrected chi connectivity index (χ2v) is 4.34. The third kappa shape index (κ3) is 2.20. The lowest BCUT2D eigenvalue weighted by molar-refractivity contribution is -0.107. The van der Waals surface area contributed by atoms with Crippen molar-refractivity contribution in [2.75, 3.05) is 18.0 Å². The molecule has 1 unspecified atom stereocenters. The van der Waals surface area contributed by atoms with E-state index in [2.05, 4.69) is 36.1 Å². The van der Waals surface area contributed by atoms with Crippen molar-refractivity contribution in [1.82, 2.24) is 0 Å². The Bertz CT molecular complexity index is 348. The number of carbonyl (C=O) groups is 1. The zero-order chi connectivity index (χ0) is 10.7. The van der Waals surface area contributed by atoms with Gasteiger partial charge in [0.1, 0.15) is 6.29 Å². The highest BCUT2D eigenvalue weighted by molar-refractivity contribution is 5.57. The van der Waals surface area contributed by atoms with E-state index in [1.807, 2.05) is 0 Å². The second kappa shape index (κ2) is 4.47. The van der Waals surface area contributed by atoms with Gasteiger partial charge in [0.2, 0.25) is 0 Å². The van der Waals surface area contributed by atoms with Crippen molar-refractivity contribution in [3.05, 3.63) is 29.8 Å². The molecule has 1 aliphatic rings. The van der Waals surface area contributed by atoms with Crippen LogP contribution in [0.15, 0.2) is 24.3 Å². The molecule has 0 fully saturated rings. The van der Waals surface area contributed by atoms with Crippen LogP contribution in [0, 0.1) is 5.92 Å². The minimum absolute atomic E-state index is 0.626. The first-order chi connectivity index (χ1) is 7.31. The van der Waals surface area contributed by atoms with Gasteiger partial charge in [0, 0.05) is 25.2 Å². The Hall–Kier alpha value is -1.31. The summed E-state index contributed by atoms with van der Waals surface area (Å²) in [6.07, 6.45) is 2.79. The van der Waals surface area contributed by atoms with Gasteiger partial charge in [-0.25, -0.2) is 0 Å². The fourth-order valence-electron chi connectivity index (χ4n) is 2.33. The first kappa shape index (κ1) is 10.2. The average molecular weight is 203 g/mol. The first-order valence-corrected chi connectivity index (χ1v) is 5.57. The number of fused-ring (bicyclic) bond motifs is 1. The van der Waals surface area contributed by atoms with Gasteiger partial charge < -0.3 is 9.69 Å². The molecule has 0 spiro atoms. The van der Waals surface area contributed by atoms with Gasteiger partial charge in [-0.2, -0.15) is 0 Å². The van der Waals surface area contributed by atoms with Crippen LogP contribution in [0.5, 0.6) is 0 Å². The Kier molecular flexibility index (Phi) is 3.05. The average Bonchev–Trinajstić information content (AvgIpc) is 2.25. The van der Waals surface area contributed by atoms with Crippen molar-refractivity contribution in [3.8, 4) is 0 Å². The van der Waals surface area contributed by atoms with Crippen LogP contribution in [-0.4, -0.2) is 19.4 Å². The predicted molar refractivity (Wildman–Crippen MR) is 62.2 cm³/mol. The number of aldehydes is 1. The van der Waals surface area contributed by atoms with Crippen molar-refractivity contribution in [1.29, 1.82) is 0 Å². The third-order valence-electron chi connectivity index (χ3n) is 2.95. The van der Waals surface area contributed by atoms with Crippen LogP contribution in [0.1, 0.15) is 18.9 Å². The Morgan fingerprint density at radius 3 is 3.07 bits per heavy atom. The Labute approximate surface area is 90.9 Å². The number of rotatable bonds is 3. The van der Waals surface area contributed by atoms with Crippen LogP contribution in [0.3, 0.4) is 0 Å². The Morgan fingerprint density at radius 2 is 2.27 bits per heavy atom. The zero-order valence-electron chi connectivity index (χ0n) is 9.15. The van der Waals surface area contributed by atoms with E-state index in [0.29, 0.717) is 12.3 Å². The number of hydrogen-bond acceptors (Lipinski definition) is 2. The lowest BCUT2D eigenvalue weighted by atomic mass is 9.94. The summed E-state index contributed by atoms with van der Waals surface area (Å²) >= 11 is 0. The third-order valence-corrected chi connectivity index (χ3v) is 2.95. The van der Waals surface area contributed by atoms with E-state index in [-0.39, 0.29) is 0 Å². The fourth-order valence-corrected chi connectivity index (χ4v) is 2.33. The number of nitrogens with zero attached hydrogens (tertiary/aromatic N) is 1.